The molecule has 0 radical (unpaired) electrons. The van der Waals surface area contributed by atoms with Crippen LogP contribution in [-0.2, 0) is 19.6 Å². The van der Waals surface area contributed by atoms with Gasteiger partial charge in [-0.25, -0.2) is 0 Å². The van der Waals surface area contributed by atoms with E-state index in [1.165, 1.54) is 5.56 Å². The van der Waals surface area contributed by atoms with E-state index in [1.54, 1.807) is 0 Å². The molecule has 2 rings (SSSR count). The van der Waals surface area contributed by atoms with Crippen LogP contribution < -0.4 is 10.5 Å². The van der Waals surface area contributed by atoms with Gasteiger partial charge in [-0.05, 0) is 35.2 Å². The number of nitrogens with two attached hydrogens (primary N) is 1. The van der Waals surface area contributed by atoms with Gasteiger partial charge >= 0.3 is 0 Å². The Labute approximate surface area is 119 Å². The normalized spacial score (nSPS) is 10.5. The van der Waals surface area contributed by atoms with Gasteiger partial charge in [0.05, 0.1) is 5.02 Å². The van der Waals surface area contributed by atoms with Gasteiger partial charge < -0.3 is 10.5 Å². The van der Waals surface area contributed by atoms with Gasteiger partial charge in [0.25, 0.3) is 0 Å². The lowest BCUT2D eigenvalue weighted by Crippen LogP contribution is -1.99. The maximum Gasteiger partial charge on any atom is 0.138 e. The molecule has 0 bridgehead atoms. The molecule has 0 aliphatic rings. The van der Waals surface area contributed by atoms with Crippen molar-refractivity contribution in [1.82, 2.24) is 0 Å². The molecule has 0 aromatic heterocycles. The molecule has 2 nitrogen and oxygen atoms in total. The largest absolute Gasteiger partial charge is 0.487 e. The van der Waals surface area contributed by atoms with Crippen LogP contribution in [0, 0.1) is 0 Å². The van der Waals surface area contributed by atoms with E-state index in [2.05, 4.69) is 31.2 Å². The van der Waals surface area contributed by atoms with Crippen molar-refractivity contribution in [2.24, 2.45) is 5.73 Å². The maximum absolute atomic E-state index is 6.14. The molecule has 0 atom stereocenters. The van der Waals surface area contributed by atoms with E-state index in [-0.39, 0.29) is 0 Å². The number of hydrogen-bond acceptors (Lipinski definition) is 2. The zero-order valence-corrected chi connectivity index (χ0v) is 11.8. The van der Waals surface area contributed by atoms with E-state index in [0.29, 0.717) is 23.9 Å². The van der Waals surface area contributed by atoms with Crippen LogP contribution in [0.15, 0.2) is 42.5 Å². The molecule has 0 unspecified atom stereocenters. The minimum atomic E-state index is 0.485. The van der Waals surface area contributed by atoms with Crippen LogP contribution in [0.1, 0.15) is 23.6 Å². The van der Waals surface area contributed by atoms with Crippen molar-refractivity contribution in [2.45, 2.75) is 26.5 Å². The number of ether oxygens (including phenoxy) is 1. The van der Waals surface area contributed by atoms with Crippen molar-refractivity contribution in [2.75, 3.05) is 0 Å². The molecule has 0 saturated carbocycles. The molecule has 2 aromatic carbocycles. The Hall–Kier alpha value is -1.51. The molecule has 0 aliphatic heterocycles. The van der Waals surface area contributed by atoms with Crippen LogP contribution in [0.2, 0.25) is 5.02 Å². The van der Waals surface area contributed by atoms with Gasteiger partial charge in [-0.2, -0.15) is 0 Å². The third-order valence-electron chi connectivity index (χ3n) is 3.06. The number of benzene rings is 2. The highest BCUT2D eigenvalue weighted by Gasteiger charge is 2.03. The maximum atomic E-state index is 6.14. The SMILES string of the molecule is CCc1ccc(COc2ccc(CN)cc2Cl)cc1. The number of rotatable bonds is 5. The lowest BCUT2D eigenvalue weighted by molar-refractivity contribution is 0.306. The monoisotopic (exact) mass is 275 g/mol. The van der Waals surface area contributed by atoms with Crippen LogP contribution in [0.3, 0.4) is 0 Å². The summed E-state index contributed by atoms with van der Waals surface area (Å²) in [7, 11) is 0. The second kappa shape index (κ2) is 6.60. The smallest absolute Gasteiger partial charge is 0.138 e. The van der Waals surface area contributed by atoms with Crippen LogP contribution in [0.25, 0.3) is 0 Å². The summed E-state index contributed by atoms with van der Waals surface area (Å²) in [5, 5.41) is 0.605. The Morgan fingerprint density at radius 2 is 1.63 bits per heavy atom. The minimum Gasteiger partial charge on any atom is -0.487 e. The van der Waals surface area contributed by atoms with Gasteiger partial charge in [0.15, 0.2) is 0 Å². The molecule has 3 heteroatoms. The van der Waals surface area contributed by atoms with Crippen LogP contribution in [0.5, 0.6) is 5.75 Å². The van der Waals surface area contributed by atoms with Crippen molar-refractivity contribution < 1.29 is 4.74 Å². The molecular formula is C16H18ClNO. The second-order valence-electron chi connectivity index (χ2n) is 4.43. The lowest BCUT2D eigenvalue weighted by atomic mass is 10.1. The summed E-state index contributed by atoms with van der Waals surface area (Å²) in [5.41, 5.74) is 9.03. The molecule has 0 heterocycles. The molecule has 0 aliphatic carbocycles. The highest BCUT2D eigenvalue weighted by molar-refractivity contribution is 6.32. The fourth-order valence-electron chi connectivity index (χ4n) is 1.82. The molecule has 0 saturated heterocycles. The molecule has 0 spiro atoms. The van der Waals surface area contributed by atoms with Crippen LogP contribution in [-0.4, -0.2) is 0 Å². The fourth-order valence-corrected chi connectivity index (χ4v) is 2.08. The molecule has 19 heavy (non-hydrogen) atoms. The topological polar surface area (TPSA) is 35.2 Å². The highest BCUT2D eigenvalue weighted by Crippen LogP contribution is 2.26. The Morgan fingerprint density at radius 3 is 2.21 bits per heavy atom. The van der Waals surface area contributed by atoms with Gasteiger partial charge in [0, 0.05) is 6.54 Å². The van der Waals surface area contributed by atoms with E-state index in [9.17, 15) is 0 Å². The van der Waals surface area contributed by atoms with Gasteiger partial charge in [-0.1, -0.05) is 48.9 Å². The van der Waals surface area contributed by atoms with E-state index in [4.69, 9.17) is 22.1 Å². The summed E-state index contributed by atoms with van der Waals surface area (Å²) in [6.45, 7) is 3.15. The van der Waals surface area contributed by atoms with E-state index >= 15 is 0 Å². The van der Waals surface area contributed by atoms with E-state index in [1.807, 2.05) is 18.2 Å². The van der Waals surface area contributed by atoms with Crippen molar-refractivity contribution in [3.05, 3.63) is 64.2 Å². The van der Waals surface area contributed by atoms with Crippen LogP contribution >= 0.6 is 11.6 Å². The van der Waals surface area contributed by atoms with E-state index < -0.39 is 0 Å². The first-order valence-electron chi connectivity index (χ1n) is 6.42. The van der Waals surface area contributed by atoms with Gasteiger partial charge in [0.2, 0.25) is 0 Å². The molecule has 0 amide bonds. The zero-order valence-electron chi connectivity index (χ0n) is 11.0. The third kappa shape index (κ3) is 3.72. The molecule has 0 fully saturated rings. The number of aryl methyl sites for hydroxylation is 1. The summed E-state index contributed by atoms with van der Waals surface area (Å²) in [5.74, 6) is 0.693. The van der Waals surface area contributed by atoms with Gasteiger partial charge in [0.1, 0.15) is 12.4 Å². The Morgan fingerprint density at radius 1 is 1.00 bits per heavy atom. The van der Waals surface area contributed by atoms with Crippen molar-refractivity contribution in [1.29, 1.82) is 0 Å². The van der Waals surface area contributed by atoms with Crippen molar-refractivity contribution >= 4 is 11.6 Å². The van der Waals surface area contributed by atoms with Gasteiger partial charge in [-0.3, -0.25) is 0 Å². The Bertz CT molecular complexity index is 537. The molecule has 2 aromatic rings. The summed E-state index contributed by atoms with van der Waals surface area (Å²) in [4.78, 5) is 0. The highest BCUT2D eigenvalue weighted by atomic mass is 35.5. The number of hydrogen-bond donors (Lipinski definition) is 1. The second-order valence-corrected chi connectivity index (χ2v) is 4.83. The summed E-state index contributed by atoms with van der Waals surface area (Å²) < 4.78 is 5.72. The Kier molecular flexibility index (Phi) is 4.83. The first-order chi connectivity index (χ1) is 9.22. The molecular weight excluding hydrogens is 258 g/mol. The average molecular weight is 276 g/mol. The predicted octanol–water partition coefficient (Wildman–Crippen LogP) is 3.94. The molecule has 100 valence electrons. The molecule has 2 N–H and O–H groups in total. The quantitative estimate of drug-likeness (QED) is 0.897. The van der Waals surface area contributed by atoms with Crippen molar-refractivity contribution in [3.63, 3.8) is 0 Å². The first-order valence-corrected chi connectivity index (χ1v) is 6.80. The zero-order chi connectivity index (χ0) is 13.7. The van der Waals surface area contributed by atoms with Crippen molar-refractivity contribution in [3.8, 4) is 5.75 Å². The van der Waals surface area contributed by atoms with E-state index in [0.717, 1.165) is 17.5 Å². The average Bonchev–Trinajstić information content (AvgIpc) is 2.46. The van der Waals surface area contributed by atoms with Gasteiger partial charge in [-0.15, -0.1) is 0 Å². The Balaban J connectivity index is 2.01. The predicted molar refractivity (Wildman–Crippen MR) is 79.5 cm³/mol. The summed E-state index contributed by atoms with van der Waals surface area (Å²) in [6, 6.07) is 14.1. The fraction of sp³-hybridized carbons (Fsp3) is 0.250. The number of halogens is 1. The standard InChI is InChI=1S/C16H18ClNO/c1-2-12-3-5-13(6-4-12)11-19-16-8-7-14(10-18)9-15(16)17/h3-9H,2,10-11,18H2,1H3. The minimum absolute atomic E-state index is 0.485. The summed E-state index contributed by atoms with van der Waals surface area (Å²) >= 11 is 6.14. The summed E-state index contributed by atoms with van der Waals surface area (Å²) in [6.07, 6.45) is 1.05. The third-order valence-corrected chi connectivity index (χ3v) is 3.35. The first kappa shape index (κ1) is 13.9. The van der Waals surface area contributed by atoms with Crippen LogP contribution in [0.4, 0.5) is 0 Å². The lowest BCUT2D eigenvalue weighted by Gasteiger charge is -2.09.